The molecule has 0 bridgehead atoms. The molecule has 0 fully saturated rings. The Hall–Kier alpha value is -0.810. The van der Waals surface area contributed by atoms with Crippen molar-refractivity contribution in [3.63, 3.8) is 0 Å². The van der Waals surface area contributed by atoms with Gasteiger partial charge in [0, 0.05) is 57.7 Å². The largest absolute Gasteiger partial charge is 0.385 e. The van der Waals surface area contributed by atoms with Crippen LogP contribution in [0.25, 0.3) is 0 Å². The van der Waals surface area contributed by atoms with Gasteiger partial charge in [0.2, 0.25) is 0 Å². The summed E-state index contributed by atoms with van der Waals surface area (Å²) in [6.45, 7) is 5.41. The van der Waals surface area contributed by atoms with Crippen LogP contribution in [0, 0.1) is 0 Å². The van der Waals surface area contributed by atoms with Crippen LogP contribution in [-0.4, -0.2) is 58.5 Å². The lowest BCUT2D eigenvalue weighted by atomic mass is 10.3. The first kappa shape index (κ1) is 17.2. The summed E-state index contributed by atoms with van der Waals surface area (Å²) in [7, 11) is 3.47. The number of benzene rings is 1. The van der Waals surface area contributed by atoms with Crippen molar-refractivity contribution in [1.29, 1.82) is 0 Å². The van der Waals surface area contributed by atoms with Gasteiger partial charge in [-0.3, -0.25) is 4.90 Å². The van der Waals surface area contributed by atoms with Gasteiger partial charge in [0.15, 0.2) is 0 Å². The van der Waals surface area contributed by atoms with E-state index in [1.54, 1.807) is 14.2 Å². The molecular weight excluding hydrogens is 276 g/mol. The van der Waals surface area contributed by atoms with Gasteiger partial charge >= 0.3 is 0 Å². The van der Waals surface area contributed by atoms with Crippen LogP contribution in [0.4, 0.5) is 5.69 Å². The second-order valence-corrected chi connectivity index (χ2v) is 5.05. The van der Waals surface area contributed by atoms with Crippen LogP contribution in [0.1, 0.15) is 6.42 Å². The summed E-state index contributed by atoms with van der Waals surface area (Å²) in [5.41, 5.74) is 1.10. The fourth-order valence-corrected chi connectivity index (χ4v) is 2.04. The number of hydrogen-bond acceptors (Lipinski definition) is 4. The van der Waals surface area contributed by atoms with Gasteiger partial charge in [-0.2, -0.15) is 0 Å². The van der Waals surface area contributed by atoms with E-state index in [2.05, 4.69) is 10.2 Å². The van der Waals surface area contributed by atoms with E-state index >= 15 is 0 Å². The highest BCUT2D eigenvalue weighted by molar-refractivity contribution is 6.30. The minimum atomic E-state index is 0.758. The topological polar surface area (TPSA) is 33.7 Å². The predicted molar refractivity (Wildman–Crippen MR) is 84.8 cm³/mol. The summed E-state index contributed by atoms with van der Waals surface area (Å²) in [6.07, 6.45) is 1.04. The van der Waals surface area contributed by atoms with E-state index in [9.17, 15) is 0 Å². The Bertz CT molecular complexity index is 346. The average Bonchev–Trinajstić information content (AvgIpc) is 2.46. The minimum Gasteiger partial charge on any atom is -0.385 e. The van der Waals surface area contributed by atoms with Crippen molar-refractivity contribution in [1.82, 2.24) is 4.90 Å². The Balaban J connectivity index is 2.27. The third-order valence-electron chi connectivity index (χ3n) is 3.04. The highest BCUT2D eigenvalue weighted by Crippen LogP contribution is 2.12. The van der Waals surface area contributed by atoms with Gasteiger partial charge in [0.25, 0.3) is 0 Å². The normalized spacial score (nSPS) is 11.0. The molecule has 1 rings (SSSR count). The Kier molecular flexibility index (Phi) is 9.41. The van der Waals surface area contributed by atoms with Crippen LogP contribution >= 0.6 is 11.6 Å². The van der Waals surface area contributed by atoms with Gasteiger partial charge in [-0.15, -0.1) is 0 Å². The maximum absolute atomic E-state index is 5.86. The van der Waals surface area contributed by atoms with Crippen molar-refractivity contribution in [2.45, 2.75) is 6.42 Å². The third kappa shape index (κ3) is 7.70. The Morgan fingerprint density at radius 3 is 2.35 bits per heavy atom. The van der Waals surface area contributed by atoms with Gasteiger partial charge in [0.1, 0.15) is 0 Å². The predicted octanol–water partition coefficient (Wildman–Crippen LogP) is 2.74. The number of methoxy groups -OCH3 is 2. The summed E-state index contributed by atoms with van der Waals surface area (Å²) >= 11 is 5.86. The summed E-state index contributed by atoms with van der Waals surface area (Å²) in [4.78, 5) is 2.38. The molecule has 0 radical (unpaired) electrons. The van der Waals surface area contributed by atoms with Crippen LogP contribution in [-0.2, 0) is 9.47 Å². The van der Waals surface area contributed by atoms with Crippen molar-refractivity contribution >= 4 is 17.3 Å². The molecule has 4 nitrogen and oxygen atoms in total. The molecule has 0 atom stereocenters. The van der Waals surface area contributed by atoms with Crippen molar-refractivity contribution < 1.29 is 9.47 Å². The number of ether oxygens (including phenoxy) is 2. The van der Waals surface area contributed by atoms with Crippen molar-refractivity contribution in [3.05, 3.63) is 29.3 Å². The molecular formula is C15H25ClN2O2. The molecule has 0 saturated heterocycles. The number of hydrogen-bond donors (Lipinski definition) is 1. The van der Waals surface area contributed by atoms with Gasteiger partial charge in [-0.25, -0.2) is 0 Å². The molecule has 20 heavy (non-hydrogen) atoms. The molecule has 0 heterocycles. The lowest BCUT2D eigenvalue weighted by Crippen LogP contribution is -2.33. The number of anilines is 1. The summed E-state index contributed by atoms with van der Waals surface area (Å²) in [5, 5.41) is 4.16. The highest BCUT2D eigenvalue weighted by Gasteiger charge is 2.04. The van der Waals surface area contributed by atoms with E-state index in [-0.39, 0.29) is 0 Å². The molecule has 0 unspecified atom stereocenters. The third-order valence-corrected chi connectivity index (χ3v) is 3.29. The molecule has 0 saturated carbocycles. The Morgan fingerprint density at radius 1 is 1.00 bits per heavy atom. The molecule has 1 N–H and O–H groups in total. The molecule has 0 aliphatic heterocycles. The number of rotatable bonds is 11. The van der Waals surface area contributed by atoms with Crippen molar-refractivity contribution in [2.75, 3.05) is 58.9 Å². The Morgan fingerprint density at radius 2 is 1.70 bits per heavy atom. The Labute approximate surface area is 127 Å². The molecule has 114 valence electrons. The lowest BCUT2D eigenvalue weighted by molar-refractivity contribution is 0.135. The first-order chi connectivity index (χ1) is 9.76. The molecule has 1 aromatic rings. The fourth-order valence-electron chi connectivity index (χ4n) is 1.91. The molecule has 0 amide bonds. The van der Waals surface area contributed by atoms with E-state index in [1.165, 1.54) is 0 Å². The standard InChI is InChI=1S/C15H25ClN2O2/c1-19-12-3-9-18(11-13-20-2)10-8-17-15-6-4-14(16)5-7-15/h4-7,17H,3,8-13H2,1-2H3. The zero-order valence-electron chi connectivity index (χ0n) is 12.4. The smallest absolute Gasteiger partial charge is 0.0589 e. The number of nitrogens with zero attached hydrogens (tertiary/aromatic N) is 1. The van der Waals surface area contributed by atoms with E-state index in [4.69, 9.17) is 21.1 Å². The van der Waals surface area contributed by atoms with Crippen molar-refractivity contribution in [3.8, 4) is 0 Å². The molecule has 0 aliphatic rings. The lowest BCUT2D eigenvalue weighted by Gasteiger charge is -2.22. The molecule has 0 aromatic heterocycles. The van der Waals surface area contributed by atoms with Crippen molar-refractivity contribution in [2.24, 2.45) is 0 Å². The van der Waals surface area contributed by atoms with Gasteiger partial charge < -0.3 is 14.8 Å². The summed E-state index contributed by atoms with van der Waals surface area (Å²) in [5.74, 6) is 0. The average molecular weight is 301 g/mol. The van der Waals surface area contributed by atoms with Crippen LogP contribution < -0.4 is 5.32 Å². The van der Waals surface area contributed by atoms with Crippen LogP contribution in [0.15, 0.2) is 24.3 Å². The number of nitrogens with one attached hydrogen (secondary N) is 1. The van der Waals surface area contributed by atoms with Gasteiger partial charge in [-0.1, -0.05) is 11.6 Å². The molecule has 5 heteroatoms. The zero-order valence-corrected chi connectivity index (χ0v) is 13.2. The van der Waals surface area contributed by atoms with E-state index in [1.807, 2.05) is 24.3 Å². The summed E-state index contributed by atoms with van der Waals surface area (Å²) in [6, 6.07) is 7.77. The fraction of sp³-hybridized carbons (Fsp3) is 0.600. The van der Waals surface area contributed by atoms with Gasteiger partial charge in [-0.05, 0) is 30.7 Å². The maximum Gasteiger partial charge on any atom is 0.0589 e. The second-order valence-electron chi connectivity index (χ2n) is 4.61. The SMILES string of the molecule is COCCCN(CCNc1ccc(Cl)cc1)CCOC. The zero-order chi connectivity index (χ0) is 14.6. The second kappa shape index (κ2) is 10.9. The molecule has 0 aliphatic carbocycles. The first-order valence-corrected chi connectivity index (χ1v) is 7.33. The molecule has 1 aromatic carbocycles. The quantitative estimate of drug-likeness (QED) is 0.637. The van der Waals surface area contributed by atoms with Crippen LogP contribution in [0.5, 0.6) is 0 Å². The highest BCUT2D eigenvalue weighted by atomic mass is 35.5. The van der Waals surface area contributed by atoms with Gasteiger partial charge in [0.05, 0.1) is 6.61 Å². The van der Waals surface area contributed by atoms with E-state index in [0.29, 0.717) is 0 Å². The van der Waals surface area contributed by atoms with E-state index in [0.717, 1.165) is 56.5 Å². The number of halogens is 1. The minimum absolute atomic E-state index is 0.758. The molecule has 0 spiro atoms. The van der Waals surface area contributed by atoms with Crippen LogP contribution in [0.3, 0.4) is 0 Å². The van der Waals surface area contributed by atoms with E-state index < -0.39 is 0 Å². The first-order valence-electron chi connectivity index (χ1n) is 6.96. The monoisotopic (exact) mass is 300 g/mol. The summed E-state index contributed by atoms with van der Waals surface area (Å²) < 4.78 is 10.2. The maximum atomic E-state index is 5.86. The van der Waals surface area contributed by atoms with Crippen LogP contribution in [0.2, 0.25) is 5.02 Å².